The van der Waals surface area contributed by atoms with Crippen molar-refractivity contribution in [3.05, 3.63) is 22.4 Å². The van der Waals surface area contributed by atoms with E-state index >= 15 is 0 Å². The summed E-state index contributed by atoms with van der Waals surface area (Å²) >= 11 is 1.24. The van der Waals surface area contributed by atoms with Crippen LogP contribution in [-0.2, 0) is 9.59 Å². The van der Waals surface area contributed by atoms with Gasteiger partial charge in [0.1, 0.15) is 0 Å². The first-order valence-corrected chi connectivity index (χ1v) is 6.41. The first kappa shape index (κ1) is 15.7. The van der Waals surface area contributed by atoms with E-state index in [4.69, 9.17) is 11.5 Å². The first-order chi connectivity index (χ1) is 9.52. The Morgan fingerprint density at radius 1 is 1.35 bits per heavy atom. The number of hydrazine groups is 1. The van der Waals surface area contributed by atoms with Crippen molar-refractivity contribution in [3.8, 4) is 12.3 Å². The summed E-state index contributed by atoms with van der Waals surface area (Å²) in [6.07, 6.45) is 5.08. The summed E-state index contributed by atoms with van der Waals surface area (Å²) < 4.78 is 0. The molecule has 7 nitrogen and oxygen atoms in total. The Labute approximate surface area is 119 Å². The van der Waals surface area contributed by atoms with Gasteiger partial charge in [-0.05, 0) is 11.4 Å². The van der Waals surface area contributed by atoms with Crippen LogP contribution in [0.3, 0.4) is 0 Å². The summed E-state index contributed by atoms with van der Waals surface area (Å²) in [5.74, 6) is 0.191. The van der Waals surface area contributed by atoms with Gasteiger partial charge in [-0.25, -0.2) is 0 Å². The maximum atomic E-state index is 11.6. The van der Waals surface area contributed by atoms with Crippen LogP contribution in [0.5, 0.6) is 0 Å². The molecule has 3 N–H and O–H groups in total. The Kier molecular flexibility index (Phi) is 6.22. The van der Waals surface area contributed by atoms with Crippen LogP contribution < -0.4 is 10.9 Å². The molecule has 0 spiro atoms. The van der Waals surface area contributed by atoms with E-state index in [0.717, 1.165) is 0 Å². The van der Waals surface area contributed by atoms with E-state index < -0.39 is 17.8 Å². The van der Waals surface area contributed by atoms with Crippen molar-refractivity contribution in [1.82, 2.24) is 15.8 Å². The SMILES string of the molecule is C#CCN(CC(=O)O)CC(=O)NNC(=O)c1cccs1. The largest absolute Gasteiger partial charge is 0.480 e. The number of nitrogens with zero attached hydrogens (tertiary/aromatic N) is 1. The first-order valence-electron chi connectivity index (χ1n) is 5.53. The normalized spacial score (nSPS) is 9.80. The molecule has 0 radical (unpaired) electrons. The molecular formula is C12H13N3O4S. The lowest BCUT2D eigenvalue weighted by molar-refractivity contribution is -0.138. The van der Waals surface area contributed by atoms with Crippen molar-refractivity contribution in [1.29, 1.82) is 0 Å². The number of carbonyl (C=O) groups excluding carboxylic acids is 2. The molecule has 0 aliphatic rings. The summed E-state index contributed by atoms with van der Waals surface area (Å²) in [4.78, 5) is 35.4. The summed E-state index contributed by atoms with van der Waals surface area (Å²) in [7, 11) is 0. The second-order valence-electron chi connectivity index (χ2n) is 3.72. The molecule has 2 amide bonds. The maximum Gasteiger partial charge on any atom is 0.317 e. The van der Waals surface area contributed by atoms with Gasteiger partial charge in [0.25, 0.3) is 11.8 Å². The molecule has 0 bridgehead atoms. The second-order valence-corrected chi connectivity index (χ2v) is 4.67. The molecular weight excluding hydrogens is 282 g/mol. The minimum absolute atomic E-state index is 0.0264. The third-order valence-electron chi connectivity index (χ3n) is 2.10. The number of nitrogens with one attached hydrogen (secondary N) is 2. The number of carboxylic acids is 1. The van der Waals surface area contributed by atoms with Gasteiger partial charge in [0, 0.05) is 0 Å². The Hall–Kier alpha value is -2.37. The molecule has 0 saturated carbocycles. The van der Waals surface area contributed by atoms with E-state index in [-0.39, 0.29) is 19.6 Å². The average molecular weight is 295 g/mol. The molecule has 0 unspecified atom stereocenters. The Balaban J connectivity index is 2.40. The van der Waals surface area contributed by atoms with Crippen molar-refractivity contribution < 1.29 is 19.5 Å². The Morgan fingerprint density at radius 2 is 2.10 bits per heavy atom. The van der Waals surface area contributed by atoms with Crippen LogP contribution in [-0.4, -0.2) is 47.4 Å². The van der Waals surface area contributed by atoms with Gasteiger partial charge in [0.05, 0.1) is 24.5 Å². The van der Waals surface area contributed by atoms with Crippen LogP contribution in [0.15, 0.2) is 17.5 Å². The van der Waals surface area contributed by atoms with Crippen LogP contribution in [0.4, 0.5) is 0 Å². The van der Waals surface area contributed by atoms with E-state index in [2.05, 4.69) is 16.8 Å². The molecule has 1 heterocycles. The second kappa shape index (κ2) is 7.93. The van der Waals surface area contributed by atoms with Crippen LogP contribution in [0.25, 0.3) is 0 Å². The van der Waals surface area contributed by atoms with Gasteiger partial charge >= 0.3 is 5.97 Å². The molecule has 0 fully saturated rings. The van der Waals surface area contributed by atoms with Gasteiger partial charge in [0.15, 0.2) is 0 Å². The van der Waals surface area contributed by atoms with Crippen molar-refractivity contribution in [2.75, 3.05) is 19.6 Å². The fourth-order valence-electron chi connectivity index (χ4n) is 1.33. The van der Waals surface area contributed by atoms with E-state index in [0.29, 0.717) is 4.88 Å². The number of rotatable bonds is 6. The number of thiophene rings is 1. The zero-order valence-corrected chi connectivity index (χ0v) is 11.3. The Bertz CT molecular complexity index is 521. The molecule has 0 aromatic carbocycles. The highest BCUT2D eigenvalue weighted by Crippen LogP contribution is 2.06. The van der Waals surface area contributed by atoms with Crippen LogP contribution >= 0.6 is 11.3 Å². The topological polar surface area (TPSA) is 98.7 Å². The van der Waals surface area contributed by atoms with Gasteiger partial charge < -0.3 is 5.11 Å². The van der Waals surface area contributed by atoms with Crippen LogP contribution in [0.1, 0.15) is 9.67 Å². The number of terminal acetylenes is 1. The number of carboxylic acid groups (broad SMARTS) is 1. The zero-order chi connectivity index (χ0) is 15.0. The molecule has 0 aliphatic heterocycles. The van der Waals surface area contributed by atoms with Crippen molar-refractivity contribution >= 4 is 29.1 Å². The van der Waals surface area contributed by atoms with E-state index in [1.807, 2.05) is 0 Å². The standard InChI is InChI=1S/C12H13N3O4S/c1-2-5-15(8-11(17)18)7-10(16)13-14-12(19)9-4-3-6-20-9/h1,3-4,6H,5,7-8H2,(H,13,16)(H,14,19)(H,17,18). The highest BCUT2D eigenvalue weighted by molar-refractivity contribution is 7.12. The van der Waals surface area contributed by atoms with Gasteiger partial charge in [-0.1, -0.05) is 12.0 Å². The highest BCUT2D eigenvalue weighted by atomic mass is 32.1. The number of amides is 2. The third kappa shape index (κ3) is 5.51. The van der Waals surface area contributed by atoms with E-state index in [9.17, 15) is 14.4 Å². The minimum atomic E-state index is -1.09. The number of hydrogen-bond donors (Lipinski definition) is 3. The van der Waals surface area contributed by atoms with Crippen LogP contribution in [0, 0.1) is 12.3 Å². The lowest BCUT2D eigenvalue weighted by Crippen LogP contribution is -2.47. The summed E-state index contributed by atoms with van der Waals surface area (Å²) in [5, 5.41) is 10.4. The van der Waals surface area contributed by atoms with E-state index in [1.54, 1.807) is 17.5 Å². The molecule has 0 aliphatic carbocycles. The number of hydrogen-bond acceptors (Lipinski definition) is 5. The summed E-state index contributed by atoms with van der Waals surface area (Å²) in [5.41, 5.74) is 4.43. The molecule has 1 rings (SSSR count). The summed E-state index contributed by atoms with van der Waals surface area (Å²) in [6.45, 7) is -0.545. The van der Waals surface area contributed by atoms with Gasteiger partial charge in [0.2, 0.25) is 0 Å². The predicted octanol–water partition coefficient (Wildman–Crippen LogP) is -0.471. The molecule has 8 heteroatoms. The number of aliphatic carboxylic acids is 1. The highest BCUT2D eigenvalue weighted by Gasteiger charge is 2.14. The molecule has 20 heavy (non-hydrogen) atoms. The molecule has 0 saturated heterocycles. The van der Waals surface area contributed by atoms with Crippen molar-refractivity contribution in [2.45, 2.75) is 0 Å². The van der Waals surface area contributed by atoms with E-state index in [1.165, 1.54) is 16.2 Å². The third-order valence-corrected chi connectivity index (χ3v) is 2.97. The molecule has 1 aromatic rings. The smallest absolute Gasteiger partial charge is 0.317 e. The quantitative estimate of drug-likeness (QED) is 0.487. The Morgan fingerprint density at radius 3 is 2.65 bits per heavy atom. The fraction of sp³-hybridized carbons (Fsp3) is 0.250. The zero-order valence-electron chi connectivity index (χ0n) is 10.5. The van der Waals surface area contributed by atoms with Crippen molar-refractivity contribution in [3.63, 3.8) is 0 Å². The van der Waals surface area contributed by atoms with Crippen LogP contribution in [0.2, 0.25) is 0 Å². The molecule has 1 aromatic heterocycles. The lowest BCUT2D eigenvalue weighted by Gasteiger charge is -2.16. The average Bonchev–Trinajstić information content (AvgIpc) is 2.89. The maximum absolute atomic E-state index is 11.6. The molecule has 106 valence electrons. The number of carbonyl (C=O) groups is 3. The van der Waals surface area contributed by atoms with Gasteiger partial charge in [-0.3, -0.25) is 30.1 Å². The van der Waals surface area contributed by atoms with Gasteiger partial charge in [-0.2, -0.15) is 0 Å². The lowest BCUT2D eigenvalue weighted by atomic mass is 10.4. The minimum Gasteiger partial charge on any atom is -0.480 e. The monoisotopic (exact) mass is 295 g/mol. The molecule has 0 atom stereocenters. The van der Waals surface area contributed by atoms with Crippen molar-refractivity contribution in [2.24, 2.45) is 0 Å². The fourth-order valence-corrected chi connectivity index (χ4v) is 1.95. The predicted molar refractivity (Wildman–Crippen MR) is 72.8 cm³/mol. The summed E-state index contributed by atoms with van der Waals surface area (Å²) in [6, 6.07) is 3.32. The van der Waals surface area contributed by atoms with Gasteiger partial charge in [-0.15, -0.1) is 17.8 Å².